The number of furan rings is 2. The van der Waals surface area contributed by atoms with Crippen LogP contribution in [0.1, 0.15) is 195 Å². The first kappa shape index (κ1) is 70.0. The Morgan fingerprint density at radius 3 is 0.787 bits per heavy atom. The van der Waals surface area contributed by atoms with Crippen LogP contribution in [0.5, 0.6) is 0 Å². The van der Waals surface area contributed by atoms with Crippen LogP contribution in [0, 0.1) is 0 Å². The van der Waals surface area contributed by atoms with Gasteiger partial charge in [-0.1, -0.05) is 279 Å². The molecule has 0 fully saturated rings. The van der Waals surface area contributed by atoms with Crippen LogP contribution in [0.2, 0.25) is 0 Å². The van der Waals surface area contributed by atoms with Gasteiger partial charge < -0.3 is 36.9 Å². The van der Waals surface area contributed by atoms with Crippen LogP contribution in [0.3, 0.4) is 0 Å². The molecule has 21 aromatic rings. The van der Waals surface area contributed by atoms with Gasteiger partial charge in [0.05, 0.1) is 77.8 Å². The fourth-order valence-electron chi connectivity index (χ4n) is 20.8. The smallest absolute Gasteiger partial charge is 0.252 e. The first-order chi connectivity index (χ1) is 63.7. The van der Waals surface area contributed by atoms with E-state index in [9.17, 15) is 8.22 Å². The Kier molecular flexibility index (Phi) is 14.7. The van der Waals surface area contributed by atoms with E-state index in [-0.39, 0.29) is 54.3 Å². The Morgan fingerprint density at radius 1 is 0.220 bits per heavy atom. The normalized spacial score (nSPS) is 14.7. The van der Waals surface area contributed by atoms with Crippen LogP contribution in [0.15, 0.2) is 288 Å². The van der Waals surface area contributed by atoms with Gasteiger partial charge in [-0.2, -0.15) is 0 Å². The highest BCUT2D eigenvalue weighted by Gasteiger charge is 2.46. The number of nitrogens with zero attached hydrogens (tertiary/aromatic N) is 6. The van der Waals surface area contributed by atoms with E-state index in [1.165, 1.54) is 54.9 Å². The summed E-state index contributed by atoms with van der Waals surface area (Å²) < 4.78 is 99.6. The predicted molar refractivity (Wildman–Crippen MR) is 543 cm³/mol. The van der Waals surface area contributed by atoms with Crippen LogP contribution in [-0.2, 0) is 37.9 Å². The molecule has 0 radical (unpaired) electrons. The lowest BCUT2D eigenvalue weighted by Gasteiger charge is -2.45. The highest BCUT2D eigenvalue weighted by molar-refractivity contribution is 7.00. The minimum Gasteiger partial charge on any atom is -0.452 e. The number of hydrogen-bond donors (Lipinski definition) is 0. The molecule has 0 saturated carbocycles. The monoisotopic (exact) mass is 1660 g/mol. The standard InChI is InChI=1S/C118H109BN6O2/c1-112(2,3)68-42-52-93-83(58-68)84-59-69(113(4,5)6)43-53-94(84)120(93)75-48-50-89-103(66-75)124(101-40-28-34-81-79-32-26-38-99(108(79)126-110(81)101)122-91-36-24-22-30-77(91)78-31-23-25-37-92(78)122)105-64-74(118(19,20)21)65-106-107(105)119(89)90-51-49-76(121-95-54-44-70(114(7,8)9)60-85(95)86-61-71(115(10,11)12)45-55-96(86)121)67-104(90)125(106)102-41-29-35-82-80-33-27-39-100(109(80)127-111(82)102)123-97-56-46-72(116(13,14)15)62-87(97)88-63-73(117(16,17)18)47-57-98(88)123/h22-67H,1-21H3/i22D,23D,24D,25D,30D,31D,36D,37D. The minimum absolute atomic E-state index is 0.00223. The van der Waals surface area contributed by atoms with E-state index in [0.29, 0.717) is 27.9 Å². The van der Waals surface area contributed by atoms with Crippen molar-refractivity contribution in [1.82, 2.24) is 18.3 Å². The maximum absolute atomic E-state index is 9.73. The van der Waals surface area contributed by atoms with Crippen LogP contribution in [0.4, 0.5) is 34.1 Å². The molecule has 0 unspecified atom stereocenters. The van der Waals surface area contributed by atoms with Gasteiger partial charge in [0.25, 0.3) is 6.71 Å². The molecule has 9 heteroatoms. The van der Waals surface area contributed by atoms with Gasteiger partial charge in [0.2, 0.25) is 0 Å². The zero-order chi connectivity index (χ0) is 94.8. The zero-order valence-corrected chi connectivity index (χ0v) is 76.5. The van der Waals surface area contributed by atoms with Gasteiger partial charge in [0.1, 0.15) is 0 Å². The molecule has 0 N–H and O–H groups in total. The van der Waals surface area contributed by atoms with E-state index in [2.05, 4.69) is 381 Å². The summed E-state index contributed by atoms with van der Waals surface area (Å²) >= 11 is 0. The Morgan fingerprint density at radius 2 is 0.488 bits per heavy atom. The largest absolute Gasteiger partial charge is 0.452 e. The molecule has 0 amide bonds. The van der Waals surface area contributed by atoms with Crippen molar-refractivity contribution in [3.05, 3.63) is 318 Å². The average molecular weight is 1660 g/mol. The molecule has 0 aliphatic carbocycles. The van der Waals surface area contributed by atoms with Crippen molar-refractivity contribution in [1.29, 1.82) is 0 Å². The molecule has 0 spiro atoms. The fourth-order valence-corrected chi connectivity index (χ4v) is 20.8. The third-order valence-electron chi connectivity index (χ3n) is 27.9. The van der Waals surface area contributed by atoms with E-state index < -0.39 is 60.5 Å². The molecule has 6 aromatic heterocycles. The van der Waals surface area contributed by atoms with Crippen molar-refractivity contribution in [2.75, 3.05) is 9.80 Å². The summed E-state index contributed by atoms with van der Waals surface area (Å²) in [6.07, 6.45) is 0. The van der Waals surface area contributed by atoms with Crippen LogP contribution >= 0.6 is 0 Å². The molecule has 8 nitrogen and oxygen atoms in total. The van der Waals surface area contributed by atoms with Crippen molar-refractivity contribution in [3.8, 4) is 22.7 Å². The molecular weight excluding hydrogens is 1540 g/mol. The highest BCUT2D eigenvalue weighted by atomic mass is 16.3. The second-order valence-corrected chi connectivity index (χ2v) is 43.3. The Hall–Kier alpha value is -13.2. The number of fused-ring (bicyclic) bond motifs is 22. The molecular formula is C118H109BN6O2. The summed E-state index contributed by atoms with van der Waals surface area (Å²) in [5.74, 6) is 0. The van der Waals surface area contributed by atoms with Gasteiger partial charge in [-0.25, -0.2) is 0 Å². The van der Waals surface area contributed by atoms with Crippen molar-refractivity contribution < 1.29 is 19.8 Å². The van der Waals surface area contributed by atoms with E-state index in [0.717, 1.165) is 139 Å². The lowest BCUT2D eigenvalue weighted by atomic mass is 9.33. The van der Waals surface area contributed by atoms with E-state index in [1.54, 1.807) is 4.57 Å². The zero-order valence-electron chi connectivity index (χ0n) is 84.5. The third-order valence-corrected chi connectivity index (χ3v) is 27.9. The minimum atomic E-state index is -0.514. The molecule has 15 aromatic carbocycles. The quantitative estimate of drug-likeness (QED) is 0.156. The van der Waals surface area contributed by atoms with Crippen molar-refractivity contribution in [3.63, 3.8) is 0 Å². The lowest BCUT2D eigenvalue weighted by Crippen LogP contribution is -2.61. The van der Waals surface area contributed by atoms with Crippen LogP contribution in [-0.4, -0.2) is 25.0 Å². The number of hydrogen-bond acceptors (Lipinski definition) is 4. The molecule has 0 atom stereocenters. The van der Waals surface area contributed by atoms with Crippen molar-refractivity contribution >= 4 is 188 Å². The molecule has 127 heavy (non-hydrogen) atoms. The number of rotatable bonds is 6. The number of anilines is 6. The molecule has 8 heterocycles. The van der Waals surface area contributed by atoms with Crippen LogP contribution in [0.25, 0.3) is 154 Å². The number of para-hydroxylation sites is 6. The first-order valence-electron chi connectivity index (χ1n) is 49.0. The van der Waals surface area contributed by atoms with Gasteiger partial charge >= 0.3 is 0 Å². The molecule has 626 valence electrons. The Balaban J connectivity index is 0.843. The first-order valence-corrected chi connectivity index (χ1v) is 45.0. The van der Waals surface area contributed by atoms with Gasteiger partial charge in [-0.15, -0.1) is 0 Å². The van der Waals surface area contributed by atoms with Gasteiger partial charge in [-0.3, -0.25) is 0 Å². The molecule has 2 aliphatic heterocycles. The highest BCUT2D eigenvalue weighted by Crippen LogP contribution is 2.54. The fraction of sp³-hybridized carbons (Fsp3) is 0.237. The third kappa shape index (κ3) is 11.8. The lowest BCUT2D eigenvalue weighted by molar-refractivity contribution is 0.590. The summed E-state index contributed by atoms with van der Waals surface area (Å²) in [6, 6.07) is 83.1. The predicted octanol–water partition coefficient (Wildman–Crippen LogP) is 31.0. The second kappa shape index (κ2) is 26.7. The second-order valence-electron chi connectivity index (χ2n) is 43.3. The summed E-state index contributed by atoms with van der Waals surface area (Å²) in [5.41, 5.74) is 28.0. The Labute approximate surface area is 755 Å². The Bertz CT molecular complexity index is 8570. The van der Waals surface area contributed by atoms with Crippen molar-refractivity contribution in [2.24, 2.45) is 0 Å². The summed E-state index contributed by atoms with van der Waals surface area (Å²) in [6.45, 7) is 47.7. The average Bonchev–Trinajstić information content (AvgIpc) is 1.66. The number of aromatic nitrogens is 4. The topological polar surface area (TPSA) is 52.5 Å². The summed E-state index contributed by atoms with van der Waals surface area (Å²) in [7, 11) is 0. The maximum Gasteiger partial charge on any atom is 0.252 e. The SMILES string of the molecule is [2H]c1c([2H])c([2H])c2c(c1[2H])c1c([2H])c([2H])c([2H])c([2H])c1n2-c1cccc2c1oc1c(N3c4cc(-n5c6ccc(C(C)(C)C)cc6c6cc(C(C)(C)C)ccc65)ccc4B4c5ccc(-n6c7ccc(C(C)(C)C)cc7c7cc(C(C)(C)C)ccc76)cc5N(c5cccc6c5oc5c(-n7c8ccc(C(C)(C)C)cc8c8cc(C(C)(C)C)ccc87)cccc56)c5cc(C(C)(C)C)cc3c54)cccc12. The number of benzene rings is 15. The van der Waals surface area contributed by atoms with Gasteiger partial charge in [0.15, 0.2) is 22.3 Å². The molecule has 0 saturated heterocycles. The summed E-state index contributed by atoms with van der Waals surface area (Å²) in [4.78, 5) is 4.96. The van der Waals surface area contributed by atoms with Crippen molar-refractivity contribution in [2.45, 2.75) is 183 Å². The molecule has 0 bridgehead atoms. The maximum atomic E-state index is 9.73. The molecule has 23 rings (SSSR count). The van der Waals surface area contributed by atoms with E-state index >= 15 is 0 Å². The van der Waals surface area contributed by atoms with E-state index in [4.69, 9.17) is 11.6 Å². The van der Waals surface area contributed by atoms with Crippen LogP contribution < -0.4 is 26.2 Å². The summed E-state index contributed by atoms with van der Waals surface area (Å²) in [5, 5.41) is 10.4. The van der Waals surface area contributed by atoms with E-state index in [1.807, 2.05) is 18.2 Å². The molecule has 2 aliphatic rings. The van der Waals surface area contributed by atoms with Gasteiger partial charge in [0, 0.05) is 98.8 Å². The van der Waals surface area contributed by atoms with Gasteiger partial charge in [-0.05, 0) is 239 Å².